The largest absolute Gasteiger partial charge is 0.343 e. The monoisotopic (exact) mass is 259 g/mol. The minimum Gasteiger partial charge on any atom is -0.343 e. The van der Waals surface area contributed by atoms with Gasteiger partial charge in [-0.3, -0.25) is 0 Å². The van der Waals surface area contributed by atoms with Crippen LogP contribution < -0.4 is 4.90 Å². The molecule has 1 saturated carbocycles. The molecule has 0 aromatic carbocycles. The smallest absolute Gasteiger partial charge is 0.205 e. The zero-order valence-electron chi connectivity index (χ0n) is 10.0. The molecule has 0 saturated heterocycles. The molecular formula is C11H18ClN3S. The third-order valence-corrected chi connectivity index (χ3v) is 3.57. The summed E-state index contributed by atoms with van der Waals surface area (Å²) in [5.41, 5.74) is 0.0327. The minimum absolute atomic E-state index is 0.0327. The molecule has 3 nitrogen and oxygen atoms in total. The predicted molar refractivity (Wildman–Crippen MR) is 69.7 cm³/mol. The molecule has 0 N–H and O–H groups in total. The highest BCUT2D eigenvalue weighted by Crippen LogP contribution is 2.33. The molecule has 0 bridgehead atoms. The lowest BCUT2D eigenvalue weighted by atomic mass is 9.96. The van der Waals surface area contributed by atoms with Gasteiger partial charge in [0.2, 0.25) is 5.13 Å². The molecule has 1 aliphatic carbocycles. The lowest BCUT2D eigenvalue weighted by molar-refractivity contribution is 0.554. The van der Waals surface area contributed by atoms with Crippen LogP contribution in [0.4, 0.5) is 5.13 Å². The number of nitrogens with zero attached hydrogens (tertiary/aromatic N) is 3. The van der Waals surface area contributed by atoms with E-state index in [1.165, 1.54) is 24.4 Å². The van der Waals surface area contributed by atoms with E-state index in [-0.39, 0.29) is 5.41 Å². The van der Waals surface area contributed by atoms with E-state index in [4.69, 9.17) is 11.6 Å². The van der Waals surface area contributed by atoms with Gasteiger partial charge in [-0.15, -0.1) is 11.6 Å². The van der Waals surface area contributed by atoms with Crippen molar-refractivity contribution in [3.63, 3.8) is 0 Å². The molecule has 16 heavy (non-hydrogen) atoms. The number of halogens is 1. The van der Waals surface area contributed by atoms with Gasteiger partial charge in [0.1, 0.15) is 5.82 Å². The summed E-state index contributed by atoms with van der Waals surface area (Å²) in [6, 6.07) is 0.652. The third kappa shape index (κ3) is 2.66. The summed E-state index contributed by atoms with van der Waals surface area (Å²) in [7, 11) is 0. The Morgan fingerprint density at radius 2 is 2.12 bits per heavy atom. The van der Waals surface area contributed by atoms with Gasteiger partial charge < -0.3 is 4.90 Å². The average Bonchev–Trinajstić information content (AvgIpc) is 2.89. The second-order valence-corrected chi connectivity index (χ2v) is 6.37. The Morgan fingerprint density at radius 3 is 2.56 bits per heavy atom. The first kappa shape index (κ1) is 12.1. The van der Waals surface area contributed by atoms with Crippen molar-refractivity contribution >= 4 is 28.3 Å². The van der Waals surface area contributed by atoms with E-state index in [9.17, 15) is 0 Å². The number of hydrogen-bond donors (Lipinski definition) is 0. The lowest BCUT2D eigenvalue weighted by Crippen LogP contribution is -2.27. The fraction of sp³-hybridized carbons (Fsp3) is 0.818. The molecule has 1 fully saturated rings. The van der Waals surface area contributed by atoms with Gasteiger partial charge in [0.25, 0.3) is 0 Å². The van der Waals surface area contributed by atoms with Gasteiger partial charge in [-0.1, -0.05) is 20.8 Å². The van der Waals surface area contributed by atoms with Crippen LogP contribution in [-0.4, -0.2) is 27.8 Å². The van der Waals surface area contributed by atoms with Gasteiger partial charge in [0, 0.05) is 35.4 Å². The molecule has 0 amide bonds. The maximum Gasteiger partial charge on any atom is 0.205 e. The van der Waals surface area contributed by atoms with E-state index in [0.29, 0.717) is 11.9 Å². The van der Waals surface area contributed by atoms with Crippen molar-refractivity contribution in [1.82, 2.24) is 9.36 Å². The van der Waals surface area contributed by atoms with Crippen LogP contribution in [0.1, 0.15) is 39.4 Å². The maximum absolute atomic E-state index is 5.83. The van der Waals surface area contributed by atoms with E-state index in [1.807, 2.05) is 0 Å². The van der Waals surface area contributed by atoms with Gasteiger partial charge in [-0.05, 0) is 12.8 Å². The second kappa shape index (κ2) is 4.49. The Morgan fingerprint density at radius 1 is 1.44 bits per heavy atom. The molecule has 0 atom stereocenters. The van der Waals surface area contributed by atoms with E-state index in [2.05, 4.69) is 35.0 Å². The number of anilines is 1. The number of rotatable bonds is 4. The van der Waals surface area contributed by atoms with Crippen LogP contribution in [0.15, 0.2) is 0 Å². The van der Waals surface area contributed by atoms with Crippen LogP contribution >= 0.6 is 23.1 Å². The quantitative estimate of drug-likeness (QED) is 0.779. The van der Waals surface area contributed by atoms with E-state index >= 15 is 0 Å². The van der Waals surface area contributed by atoms with Crippen molar-refractivity contribution in [3.05, 3.63) is 5.82 Å². The third-order valence-electron chi connectivity index (χ3n) is 2.64. The Bertz CT molecular complexity index is 354. The molecule has 90 valence electrons. The first-order valence-corrected chi connectivity index (χ1v) is 7.00. The van der Waals surface area contributed by atoms with Gasteiger partial charge >= 0.3 is 0 Å². The lowest BCUT2D eigenvalue weighted by Gasteiger charge is -2.19. The van der Waals surface area contributed by atoms with Crippen LogP contribution in [0.25, 0.3) is 0 Å². The van der Waals surface area contributed by atoms with Crippen molar-refractivity contribution in [2.45, 2.75) is 45.1 Å². The standard InChI is InChI=1S/C11H18ClN3S/c1-11(2,3)9-13-10(16-14-9)15(7-6-12)8-4-5-8/h8H,4-7H2,1-3H3. The van der Waals surface area contributed by atoms with Gasteiger partial charge in [0.05, 0.1) is 0 Å². The Labute approximate surface area is 106 Å². The fourth-order valence-corrected chi connectivity index (χ4v) is 2.69. The normalized spacial score (nSPS) is 16.5. The van der Waals surface area contributed by atoms with E-state index < -0.39 is 0 Å². The van der Waals surface area contributed by atoms with Crippen molar-refractivity contribution in [3.8, 4) is 0 Å². The molecule has 2 rings (SSSR count). The highest BCUT2D eigenvalue weighted by Gasteiger charge is 2.31. The Balaban J connectivity index is 2.15. The van der Waals surface area contributed by atoms with Crippen LogP contribution in [0.3, 0.4) is 0 Å². The summed E-state index contributed by atoms with van der Waals surface area (Å²) in [6.45, 7) is 7.30. The second-order valence-electron chi connectivity index (χ2n) is 5.26. The van der Waals surface area contributed by atoms with Gasteiger partial charge in [-0.2, -0.15) is 4.37 Å². The fourth-order valence-electron chi connectivity index (χ4n) is 1.55. The summed E-state index contributed by atoms with van der Waals surface area (Å²) in [4.78, 5) is 6.94. The molecule has 1 aliphatic rings. The van der Waals surface area contributed by atoms with Crippen LogP contribution in [0.5, 0.6) is 0 Å². The summed E-state index contributed by atoms with van der Waals surface area (Å²) >= 11 is 7.33. The van der Waals surface area contributed by atoms with Crippen molar-refractivity contribution in [2.24, 2.45) is 0 Å². The topological polar surface area (TPSA) is 29.0 Å². The highest BCUT2D eigenvalue weighted by atomic mass is 35.5. The van der Waals surface area contributed by atoms with Crippen LogP contribution in [-0.2, 0) is 5.41 Å². The van der Waals surface area contributed by atoms with Crippen LogP contribution in [0.2, 0.25) is 0 Å². The molecule has 0 spiro atoms. The first-order chi connectivity index (χ1) is 7.52. The molecule has 1 aromatic heterocycles. The SMILES string of the molecule is CC(C)(C)c1nsc(N(CCCl)C2CC2)n1. The highest BCUT2D eigenvalue weighted by molar-refractivity contribution is 7.09. The molecule has 0 radical (unpaired) electrons. The van der Waals surface area contributed by atoms with Crippen molar-refractivity contribution < 1.29 is 0 Å². The van der Waals surface area contributed by atoms with Crippen molar-refractivity contribution in [1.29, 1.82) is 0 Å². The zero-order chi connectivity index (χ0) is 11.8. The Kier molecular flexibility index (Phi) is 3.40. The molecule has 5 heteroatoms. The molecular weight excluding hydrogens is 242 g/mol. The summed E-state index contributed by atoms with van der Waals surface area (Å²) in [5.74, 6) is 1.59. The molecule has 1 aromatic rings. The predicted octanol–water partition coefficient (Wildman–Crippen LogP) is 3.04. The molecule has 0 unspecified atom stereocenters. The maximum atomic E-state index is 5.83. The Hall–Kier alpha value is -0.350. The number of hydrogen-bond acceptors (Lipinski definition) is 4. The summed E-state index contributed by atoms with van der Waals surface area (Å²) < 4.78 is 4.45. The summed E-state index contributed by atoms with van der Waals surface area (Å²) in [5, 5.41) is 1.04. The average molecular weight is 260 g/mol. The van der Waals surface area contributed by atoms with Crippen LogP contribution in [0, 0.1) is 0 Å². The number of aromatic nitrogens is 2. The molecule has 1 heterocycles. The van der Waals surface area contributed by atoms with Gasteiger partial charge in [0.15, 0.2) is 0 Å². The molecule has 0 aliphatic heterocycles. The first-order valence-electron chi connectivity index (χ1n) is 5.69. The number of alkyl halides is 1. The zero-order valence-corrected chi connectivity index (χ0v) is 11.6. The van der Waals surface area contributed by atoms with E-state index in [0.717, 1.165) is 17.5 Å². The summed E-state index contributed by atoms with van der Waals surface area (Å²) in [6.07, 6.45) is 2.53. The van der Waals surface area contributed by atoms with Crippen molar-refractivity contribution in [2.75, 3.05) is 17.3 Å². The van der Waals surface area contributed by atoms with Gasteiger partial charge in [-0.25, -0.2) is 4.98 Å². The van der Waals surface area contributed by atoms with E-state index in [1.54, 1.807) is 0 Å². The minimum atomic E-state index is 0.0327.